The predicted molar refractivity (Wildman–Crippen MR) is 64.6 cm³/mol. The number of alkyl halides is 3. The largest absolute Gasteiger partial charge is 0.436 e. The summed E-state index contributed by atoms with van der Waals surface area (Å²) >= 11 is 0. The SMILES string of the molecule is O=c1c2ccccc2ccn1-c1nc(C(F)(F)F)co1. The third kappa shape index (κ3) is 1.97. The zero-order chi connectivity index (χ0) is 14.3. The van der Waals surface area contributed by atoms with E-state index in [9.17, 15) is 18.0 Å². The van der Waals surface area contributed by atoms with Crippen molar-refractivity contribution in [2.75, 3.05) is 0 Å². The molecule has 0 radical (unpaired) electrons. The highest BCUT2D eigenvalue weighted by Crippen LogP contribution is 2.28. The first-order chi connectivity index (χ1) is 9.47. The third-order valence-electron chi connectivity index (χ3n) is 2.80. The Morgan fingerprint density at radius 1 is 1.15 bits per heavy atom. The van der Waals surface area contributed by atoms with Gasteiger partial charge in [-0.1, -0.05) is 18.2 Å². The summed E-state index contributed by atoms with van der Waals surface area (Å²) in [5.74, 6) is 0. The van der Waals surface area contributed by atoms with Gasteiger partial charge in [0.2, 0.25) is 0 Å². The van der Waals surface area contributed by atoms with Gasteiger partial charge < -0.3 is 4.42 Å². The van der Waals surface area contributed by atoms with Crippen LogP contribution in [0.4, 0.5) is 13.2 Å². The van der Waals surface area contributed by atoms with Crippen LogP contribution < -0.4 is 5.56 Å². The normalized spacial score (nSPS) is 11.9. The number of hydrogen-bond donors (Lipinski definition) is 0. The molecule has 0 fully saturated rings. The molecule has 0 aliphatic heterocycles. The third-order valence-corrected chi connectivity index (χ3v) is 2.80. The summed E-state index contributed by atoms with van der Waals surface area (Å²) in [6.07, 6.45) is -2.80. The van der Waals surface area contributed by atoms with E-state index >= 15 is 0 Å². The molecule has 0 N–H and O–H groups in total. The number of pyridine rings is 1. The minimum Gasteiger partial charge on any atom is -0.431 e. The number of benzene rings is 1. The van der Waals surface area contributed by atoms with E-state index in [1.807, 2.05) is 0 Å². The van der Waals surface area contributed by atoms with Crippen molar-refractivity contribution >= 4 is 10.8 Å². The minimum absolute atomic E-state index is 0.377. The van der Waals surface area contributed by atoms with Gasteiger partial charge in [0, 0.05) is 11.6 Å². The molecule has 0 bridgehead atoms. The average molecular weight is 280 g/mol. The molecule has 0 amide bonds. The Kier molecular flexibility index (Phi) is 2.63. The van der Waals surface area contributed by atoms with Crippen LogP contribution in [0.2, 0.25) is 0 Å². The minimum atomic E-state index is -4.61. The van der Waals surface area contributed by atoms with Crippen LogP contribution in [0.5, 0.6) is 0 Å². The molecule has 102 valence electrons. The van der Waals surface area contributed by atoms with Crippen molar-refractivity contribution in [2.45, 2.75) is 6.18 Å². The first-order valence-electron chi connectivity index (χ1n) is 5.60. The standard InChI is InChI=1S/C13H7F3N2O2/c14-13(15,16)10-7-20-12(17-10)18-6-5-8-3-1-2-4-9(8)11(18)19/h1-7H. The lowest BCUT2D eigenvalue weighted by Gasteiger charge is -2.02. The summed E-state index contributed by atoms with van der Waals surface area (Å²) in [6.45, 7) is 0. The van der Waals surface area contributed by atoms with Gasteiger partial charge in [0.1, 0.15) is 6.26 Å². The number of hydrogen-bond acceptors (Lipinski definition) is 3. The lowest BCUT2D eigenvalue weighted by Crippen LogP contribution is -2.18. The zero-order valence-corrected chi connectivity index (χ0v) is 9.89. The number of aromatic nitrogens is 2. The molecule has 0 aliphatic carbocycles. The van der Waals surface area contributed by atoms with E-state index < -0.39 is 23.4 Å². The number of oxazole rings is 1. The highest BCUT2D eigenvalue weighted by atomic mass is 19.4. The molecule has 0 atom stereocenters. The molecule has 7 heteroatoms. The second kappa shape index (κ2) is 4.22. The molecule has 3 aromatic rings. The Balaban J connectivity index is 2.18. The summed E-state index contributed by atoms with van der Waals surface area (Å²) in [7, 11) is 0. The van der Waals surface area contributed by atoms with Gasteiger partial charge in [0.25, 0.3) is 5.56 Å². The van der Waals surface area contributed by atoms with Crippen molar-refractivity contribution in [3.8, 4) is 6.01 Å². The predicted octanol–water partition coefficient (Wildman–Crippen LogP) is 3.00. The number of halogens is 3. The summed E-state index contributed by atoms with van der Waals surface area (Å²) in [5, 5.41) is 1.07. The average Bonchev–Trinajstić information content (AvgIpc) is 2.89. The lowest BCUT2D eigenvalue weighted by molar-refractivity contribution is -0.141. The van der Waals surface area contributed by atoms with Gasteiger partial charge in [0.05, 0.1) is 0 Å². The van der Waals surface area contributed by atoms with Crippen LogP contribution in [-0.2, 0) is 6.18 Å². The van der Waals surface area contributed by atoms with Gasteiger partial charge in [-0.15, -0.1) is 0 Å². The highest BCUT2D eigenvalue weighted by Gasteiger charge is 2.35. The molecule has 3 rings (SSSR count). The molecule has 0 saturated carbocycles. The Hall–Kier alpha value is -2.57. The van der Waals surface area contributed by atoms with Gasteiger partial charge in [-0.3, -0.25) is 4.79 Å². The van der Waals surface area contributed by atoms with Gasteiger partial charge in [0.15, 0.2) is 5.69 Å². The molecule has 1 aromatic carbocycles. The van der Waals surface area contributed by atoms with Crippen molar-refractivity contribution in [2.24, 2.45) is 0 Å². The molecule has 4 nitrogen and oxygen atoms in total. The molecule has 20 heavy (non-hydrogen) atoms. The Morgan fingerprint density at radius 3 is 2.60 bits per heavy atom. The fraction of sp³-hybridized carbons (Fsp3) is 0.0769. The fourth-order valence-electron chi connectivity index (χ4n) is 1.85. The zero-order valence-electron chi connectivity index (χ0n) is 9.89. The van der Waals surface area contributed by atoms with Crippen molar-refractivity contribution in [1.82, 2.24) is 9.55 Å². The van der Waals surface area contributed by atoms with Crippen LogP contribution in [0.1, 0.15) is 5.69 Å². The second-order valence-corrected chi connectivity index (χ2v) is 4.09. The first-order valence-corrected chi connectivity index (χ1v) is 5.60. The van der Waals surface area contributed by atoms with E-state index in [1.165, 1.54) is 6.20 Å². The summed E-state index contributed by atoms with van der Waals surface area (Å²) < 4.78 is 43.1. The number of nitrogens with zero attached hydrogens (tertiary/aromatic N) is 2. The second-order valence-electron chi connectivity index (χ2n) is 4.09. The summed E-state index contributed by atoms with van der Waals surface area (Å²) in [6, 6.07) is 7.95. The fourth-order valence-corrected chi connectivity index (χ4v) is 1.85. The topological polar surface area (TPSA) is 48.0 Å². The van der Waals surface area contributed by atoms with E-state index in [1.54, 1.807) is 30.3 Å². The molecule has 2 heterocycles. The van der Waals surface area contributed by atoms with E-state index in [4.69, 9.17) is 4.42 Å². The molecule has 0 saturated heterocycles. The van der Waals surface area contributed by atoms with Gasteiger partial charge in [-0.25, -0.2) is 4.57 Å². The maximum absolute atomic E-state index is 12.5. The number of rotatable bonds is 1. The van der Waals surface area contributed by atoms with Gasteiger partial charge in [-0.05, 0) is 17.5 Å². The Labute approximate surface area is 110 Å². The maximum Gasteiger partial charge on any atom is 0.436 e. The molecule has 2 aromatic heterocycles. The van der Waals surface area contributed by atoms with Crippen LogP contribution in [0.15, 0.2) is 52.0 Å². The summed E-state index contributed by atoms with van der Waals surface area (Å²) in [4.78, 5) is 15.5. The van der Waals surface area contributed by atoms with Crippen LogP contribution in [0, 0.1) is 0 Å². The van der Waals surface area contributed by atoms with Crippen molar-refractivity contribution < 1.29 is 17.6 Å². The Morgan fingerprint density at radius 2 is 1.90 bits per heavy atom. The quantitative estimate of drug-likeness (QED) is 0.688. The maximum atomic E-state index is 12.5. The van der Waals surface area contributed by atoms with E-state index in [0.717, 1.165) is 4.57 Å². The van der Waals surface area contributed by atoms with Crippen molar-refractivity contribution in [1.29, 1.82) is 0 Å². The molecule has 0 spiro atoms. The van der Waals surface area contributed by atoms with E-state index in [0.29, 0.717) is 17.0 Å². The van der Waals surface area contributed by atoms with Crippen LogP contribution >= 0.6 is 0 Å². The number of fused-ring (bicyclic) bond motifs is 1. The Bertz CT molecular complexity index is 833. The van der Waals surface area contributed by atoms with Crippen molar-refractivity contribution in [3.05, 3.63) is 58.8 Å². The van der Waals surface area contributed by atoms with Crippen LogP contribution in [0.3, 0.4) is 0 Å². The van der Waals surface area contributed by atoms with Crippen LogP contribution in [0.25, 0.3) is 16.8 Å². The summed E-state index contributed by atoms with van der Waals surface area (Å²) in [5.41, 5.74) is -1.66. The van der Waals surface area contributed by atoms with Crippen LogP contribution in [-0.4, -0.2) is 9.55 Å². The van der Waals surface area contributed by atoms with Crippen molar-refractivity contribution in [3.63, 3.8) is 0 Å². The molecular formula is C13H7F3N2O2. The highest BCUT2D eigenvalue weighted by molar-refractivity contribution is 5.81. The molecular weight excluding hydrogens is 273 g/mol. The van der Waals surface area contributed by atoms with Gasteiger partial charge in [-0.2, -0.15) is 18.2 Å². The lowest BCUT2D eigenvalue weighted by atomic mass is 10.2. The van der Waals surface area contributed by atoms with Gasteiger partial charge >= 0.3 is 12.2 Å². The van der Waals surface area contributed by atoms with E-state index in [2.05, 4.69) is 4.98 Å². The molecule has 0 aliphatic rings. The monoisotopic (exact) mass is 280 g/mol. The van der Waals surface area contributed by atoms with E-state index in [-0.39, 0.29) is 0 Å². The molecule has 0 unspecified atom stereocenters. The smallest absolute Gasteiger partial charge is 0.431 e. The first kappa shape index (κ1) is 12.5.